The van der Waals surface area contributed by atoms with Gasteiger partial charge in [0.1, 0.15) is 0 Å². The van der Waals surface area contributed by atoms with E-state index in [0.29, 0.717) is 25.9 Å². The number of hydrogen-bond acceptors (Lipinski definition) is 3. The fraction of sp³-hybridized carbons (Fsp3) is 0.500. The number of pyridine rings is 1. The number of rotatable bonds is 4. The molecule has 1 aromatic heterocycles. The predicted octanol–water partition coefficient (Wildman–Crippen LogP) is 1.48. The molecule has 0 radical (unpaired) electrons. The summed E-state index contributed by atoms with van der Waals surface area (Å²) in [5.74, 6) is -0.815. The number of carbonyl (C=O) groups is 2. The maximum Gasteiger partial charge on any atom is 0.317 e. The van der Waals surface area contributed by atoms with Crippen LogP contribution >= 0.6 is 0 Å². The van der Waals surface area contributed by atoms with Crippen LogP contribution in [0.3, 0.4) is 0 Å². The van der Waals surface area contributed by atoms with E-state index in [4.69, 9.17) is 0 Å². The van der Waals surface area contributed by atoms with E-state index in [2.05, 4.69) is 10.3 Å². The Bertz CT molecular complexity index is 492. The van der Waals surface area contributed by atoms with Crippen molar-refractivity contribution < 1.29 is 14.7 Å². The molecule has 1 atom stereocenters. The van der Waals surface area contributed by atoms with Crippen LogP contribution < -0.4 is 5.32 Å². The first-order chi connectivity index (χ1) is 9.57. The number of carboxylic acids is 1. The summed E-state index contributed by atoms with van der Waals surface area (Å²) in [5.41, 5.74) is 0.182. The average Bonchev–Trinajstić information content (AvgIpc) is 2.92. The first kappa shape index (κ1) is 14.3. The van der Waals surface area contributed by atoms with Crippen LogP contribution in [0.2, 0.25) is 0 Å². The Balaban J connectivity index is 1.90. The highest BCUT2D eigenvalue weighted by atomic mass is 16.4. The Labute approximate surface area is 117 Å². The zero-order valence-corrected chi connectivity index (χ0v) is 11.5. The quantitative estimate of drug-likeness (QED) is 0.873. The summed E-state index contributed by atoms with van der Waals surface area (Å²) >= 11 is 0. The lowest BCUT2D eigenvalue weighted by molar-refractivity contribution is -0.148. The standard InChI is InChI=1S/C14H19N3O3/c1-2-14(12(18)19)5-8-17(10-14)13(20)16-9-11-3-6-15-7-4-11/h3-4,6-7H,2,5,8-10H2,1H3,(H,16,20)(H,18,19). The van der Waals surface area contributed by atoms with Crippen LogP contribution in [-0.4, -0.2) is 40.1 Å². The molecule has 2 N–H and O–H groups in total. The van der Waals surface area contributed by atoms with Crippen molar-refractivity contribution in [2.24, 2.45) is 5.41 Å². The van der Waals surface area contributed by atoms with Crippen molar-refractivity contribution >= 4 is 12.0 Å². The maximum atomic E-state index is 12.1. The minimum Gasteiger partial charge on any atom is -0.481 e. The van der Waals surface area contributed by atoms with E-state index in [-0.39, 0.29) is 12.6 Å². The van der Waals surface area contributed by atoms with E-state index in [1.807, 2.05) is 19.1 Å². The molecule has 1 aromatic rings. The molecule has 0 bridgehead atoms. The SMILES string of the molecule is CCC1(C(=O)O)CCN(C(=O)NCc2ccncc2)C1. The van der Waals surface area contributed by atoms with Gasteiger partial charge in [0.15, 0.2) is 0 Å². The smallest absolute Gasteiger partial charge is 0.317 e. The summed E-state index contributed by atoms with van der Waals surface area (Å²) in [6.45, 7) is 3.04. The van der Waals surface area contributed by atoms with Gasteiger partial charge in [0, 0.05) is 32.0 Å². The molecule has 2 heterocycles. The van der Waals surface area contributed by atoms with Crippen LogP contribution in [0.1, 0.15) is 25.3 Å². The number of carboxylic acid groups (broad SMARTS) is 1. The highest BCUT2D eigenvalue weighted by molar-refractivity contribution is 5.79. The second-order valence-electron chi connectivity index (χ2n) is 5.12. The summed E-state index contributed by atoms with van der Waals surface area (Å²) in [4.78, 5) is 28.9. The van der Waals surface area contributed by atoms with Gasteiger partial charge in [-0.1, -0.05) is 6.92 Å². The Morgan fingerprint density at radius 1 is 1.45 bits per heavy atom. The molecule has 6 heteroatoms. The van der Waals surface area contributed by atoms with Gasteiger partial charge in [0.05, 0.1) is 5.41 Å². The average molecular weight is 277 g/mol. The molecule has 1 fully saturated rings. The summed E-state index contributed by atoms with van der Waals surface area (Å²) in [6.07, 6.45) is 4.39. The fourth-order valence-electron chi connectivity index (χ4n) is 2.45. The zero-order chi connectivity index (χ0) is 14.6. The van der Waals surface area contributed by atoms with Crippen molar-refractivity contribution in [1.82, 2.24) is 15.2 Å². The molecule has 1 aliphatic heterocycles. The second-order valence-corrected chi connectivity index (χ2v) is 5.12. The van der Waals surface area contributed by atoms with Gasteiger partial charge < -0.3 is 15.3 Å². The number of carbonyl (C=O) groups excluding carboxylic acids is 1. The normalized spacial score (nSPS) is 21.8. The van der Waals surface area contributed by atoms with Crippen LogP contribution in [0.5, 0.6) is 0 Å². The molecule has 0 aromatic carbocycles. The van der Waals surface area contributed by atoms with E-state index in [0.717, 1.165) is 5.56 Å². The van der Waals surface area contributed by atoms with Crippen LogP contribution in [-0.2, 0) is 11.3 Å². The number of aromatic nitrogens is 1. The van der Waals surface area contributed by atoms with Gasteiger partial charge in [-0.05, 0) is 30.5 Å². The van der Waals surface area contributed by atoms with Crippen LogP contribution in [0.25, 0.3) is 0 Å². The summed E-state index contributed by atoms with van der Waals surface area (Å²) in [5, 5.41) is 12.1. The van der Waals surface area contributed by atoms with Gasteiger partial charge in [0.2, 0.25) is 0 Å². The number of likely N-dealkylation sites (tertiary alicyclic amines) is 1. The summed E-state index contributed by atoms with van der Waals surface area (Å²) in [6, 6.07) is 3.45. The highest BCUT2D eigenvalue weighted by Gasteiger charge is 2.44. The molecule has 2 rings (SSSR count). The van der Waals surface area contributed by atoms with Crippen molar-refractivity contribution in [1.29, 1.82) is 0 Å². The molecule has 1 saturated heterocycles. The second kappa shape index (κ2) is 5.90. The van der Waals surface area contributed by atoms with Gasteiger partial charge in [-0.3, -0.25) is 9.78 Å². The predicted molar refractivity (Wildman–Crippen MR) is 73.0 cm³/mol. The number of nitrogens with zero attached hydrogens (tertiary/aromatic N) is 2. The van der Waals surface area contributed by atoms with E-state index in [9.17, 15) is 14.7 Å². The number of aliphatic carboxylic acids is 1. The monoisotopic (exact) mass is 277 g/mol. The number of urea groups is 1. The Morgan fingerprint density at radius 3 is 2.70 bits per heavy atom. The third-order valence-corrected chi connectivity index (χ3v) is 3.96. The first-order valence-corrected chi connectivity index (χ1v) is 6.72. The lowest BCUT2D eigenvalue weighted by atomic mass is 9.84. The van der Waals surface area contributed by atoms with E-state index in [1.165, 1.54) is 0 Å². The minimum absolute atomic E-state index is 0.210. The summed E-state index contributed by atoms with van der Waals surface area (Å²) in [7, 11) is 0. The van der Waals surface area contributed by atoms with Crippen molar-refractivity contribution in [3.05, 3.63) is 30.1 Å². The van der Waals surface area contributed by atoms with E-state index in [1.54, 1.807) is 17.3 Å². The topological polar surface area (TPSA) is 82.5 Å². The number of amides is 2. The third kappa shape index (κ3) is 2.89. The van der Waals surface area contributed by atoms with Gasteiger partial charge in [-0.25, -0.2) is 4.79 Å². The van der Waals surface area contributed by atoms with Crippen LogP contribution in [0, 0.1) is 5.41 Å². The van der Waals surface area contributed by atoms with E-state index >= 15 is 0 Å². The largest absolute Gasteiger partial charge is 0.481 e. The van der Waals surface area contributed by atoms with Crippen molar-refractivity contribution in [3.63, 3.8) is 0 Å². The zero-order valence-electron chi connectivity index (χ0n) is 11.5. The molecular weight excluding hydrogens is 258 g/mol. The molecule has 2 amide bonds. The van der Waals surface area contributed by atoms with Gasteiger partial charge in [-0.2, -0.15) is 0 Å². The van der Waals surface area contributed by atoms with Gasteiger partial charge in [0.25, 0.3) is 0 Å². The molecular formula is C14H19N3O3. The Morgan fingerprint density at radius 2 is 2.15 bits per heavy atom. The first-order valence-electron chi connectivity index (χ1n) is 6.72. The lowest BCUT2D eigenvalue weighted by Crippen LogP contribution is -2.41. The Hall–Kier alpha value is -2.11. The van der Waals surface area contributed by atoms with Gasteiger partial charge in [-0.15, -0.1) is 0 Å². The molecule has 6 nitrogen and oxygen atoms in total. The van der Waals surface area contributed by atoms with E-state index < -0.39 is 11.4 Å². The molecule has 1 aliphatic rings. The molecule has 1 unspecified atom stereocenters. The fourth-order valence-corrected chi connectivity index (χ4v) is 2.45. The van der Waals surface area contributed by atoms with Crippen molar-refractivity contribution in [2.75, 3.05) is 13.1 Å². The molecule has 20 heavy (non-hydrogen) atoms. The lowest BCUT2D eigenvalue weighted by Gasteiger charge is -2.23. The molecule has 0 saturated carbocycles. The highest BCUT2D eigenvalue weighted by Crippen LogP contribution is 2.34. The molecule has 108 valence electrons. The van der Waals surface area contributed by atoms with Crippen LogP contribution in [0.4, 0.5) is 4.79 Å². The summed E-state index contributed by atoms with van der Waals surface area (Å²) < 4.78 is 0. The Kier molecular flexibility index (Phi) is 4.22. The van der Waals surface area contributed by atoms with Crippen LogP contribution in [0.15, 0.2) is 24.5 Å². The van der Waals surface area contributed by atoms with Gasteiger partial charge >= 0.3 is 12.0 Å². The van der Waals surface area contributed by atoms with Crippen molar-refractivity contribution in [3.8, 4) is 0 Å². The van der Waals surface area contributed by atoms with Crippen molar-refractivity contribution in [2.45, 2.75) is 26.3 Å². The maximum absolute atomic E-state index is 12.1. The molecule has 0 spiro atoms. The number of hydrogen-bond donors (Lipinski definition) is 2. The molecule has 0 aliphatic carbocycles. The third-order valence-electron chi connectivity index (χ3n) is 3.96. The number of nitrogens with one attached hydrogen (secondary N) is 1. The minimum atomic E-state index is -0.815.